The van der Waals surface area contributed by atoms with Gasteiger partial charge < -0.3 is 10.6 Å². The fraction of sp³-hybridized carbons (Fsp3) is 0.500. The maximum Gasteiger partial charge on any atom is 0.233 e. The minimum absolute atomic E-state index is 0. The molecule has 0 bridgehead atoms. The van der Waals surface area contributed by atoms with E-state index in [1.807, 2.05) is 12.1 Å². The van der Waals surface area contributed by atoms with Crippen molar-refractivity contribution in [3.8, 4) is 0 Å². The summed E-state index contributed by atoms with van der Waals surface area (Å²) in [5, 5.41) is 7.31. The lowest BCUT2D eigenvalue weighted by molar-refractivity contribution is -0.120. The van der Waals surface area contributed by atoms with Gasteiger partial charge in [-0.15, -0.1) is 12.4 Å². The Morgan fingerprint density at radius 2 is 2.05 bits per heavy atom. The van der Waals surface area contributed by atoms with Crippen LogP contribution in [0.3, 0.4) is 0 Å². The first-order valence-electron chi connectivity index (χ1n) is 6.56. The van der Waals surface area contributed by atoms with E-state index in [4.69, 9.17) is 23.2 Å². The lowest BCUT2D eigenvalue weighted by atomic mass is 10.1. The standard InChI is InChI=1S/C14H18Cl2N2O.ClH/c15-12-4-3-11(13(16)7-12)5-6-18-14(19)9-17-8-10-1-2-10;/h3-4,7,10,17H,1-2,5-6,8-9H2,(H,18,19);1H. The Balaban J connectivity index is 0.00000200. The highest BCUT2D eigenvalue weighted by Gasteiger charge is 2.20. The van der Waals surface area contributed by atoms with Gasteiger partial charge in [-0.2, -0.15) is 0 Å². The van der Waals surface area contributed by atoms with Crippen LogP contribution in [0, 0.1) is 5.92 Å². The molecule has 0 aromatic heterocycles. The van der Waals surface area contributed by atoms with Gasteiger partial charge >= 0.3 is 0 Å². The monoisotopic (exact) mass is 336 g/mol. The largest absolute Gasteiger partial charge is 0.355 e. The summed E-state index contributed by atoms with van der Waals surface area (Å²) in [5.41, 5.74) is 0.998. The third-order valence-electron chi connectivity index (χ3n) is 3.15. The lowest BCUT2D eigenvalue weighted by Crippen LogP contribution is -2.35. The van der Waals surface area contributed by atoms with E-state index in [0.717, 1.165) is 18.0 Å². The molecule has 112 valence electrons. The summed E-state index contributed by atoms with van der Waals surface area (Å²) in [4.78, 5) is 11.5. The molecule has 1 aliphatic carbocycles. The summed E-state index contributed by atoms with van der Waals surface area (Å²) in [6.45, 7) is 1.94. The molecule has 0 heterocycles. The van der Waals surface area contributed by atoms with Gasteiger partial charge in [-0.1, -0.05) is 29.3 Å². The van der Waals surface area contributed by atoms with Crippen molar-refractivity contribution in [3.05, 3.63) is 33.8 Å². The number of hydrogen-bond acceptors (Lipinski definition) is 2. The van der Waals surface area contributed by atoms with Gasteiger partial charge in [-0.3, -0.25) is 4.79 Å². The molecule has 0 atom stereocenters. The van der Waals surface area contributed by atoms with Gasteiger partial charge in [0.1, 0.15) is 0 Å². The minimum atomic E-state index is 0. The second-order valence-electron chi connectivity index (χ2n) is 4.91. The Hall–Kier alpha value is -0.480. The third-order valence-corrected chi connectivity index (χ3v) is 3.73. The average Bonchev–Trinajstić information content (AvgIpc) is 3.16. The van der Waals surface area contributed by atoms with Gasteiger partial charge in [-0.05, 0) is 49.4 Å². The van der Waals surface area contributed by atoms with E-state index in [9.17, 15) is 4.79 Å². The number of carbonyl (C=O) groups is 1. The molecule has 2 N–H and O–H groups in total. The molecule has 1 saturated carbocycles. The number of hydrogen-bond donors (Lipinski definition) is 2. The molecule has 3 nitrogen and oxygen atoms in total. The quantitative estimate of drug-likeness (QED) is 0.803. The zero-order valence-electron chi connectivity index (χ0n) is 11.1. The van der Waals surface area contributed by atoms with E-state index in [2.05, 4.69) is 10.6 Å². The lowest BCUT2D eigenvalue weighted by Gasteiger charge is -2.07. The van der Waals surface area contributed by atoms with Gasteiger partial charge in [0.25, 0.3) is 0 Å². The first-order valence-corrected chi connectivity index (χ1v) is 7.32. The number of rotatable bonds is 7. The number of halogens is 3. The molecule has 0 spiro atoms. The van der Waals surface area contributed by atoms with Crippen molar-refractivity contribution in [2.45, 2.75) is 19.3 Å². The second kappa shape index (κ2) is 8.73. The highest BCUT2D eigenvalue weighted by Crippen LogP contribution is 2.27. The average molecular weight is 338 g/mol. The van der Waals surface area contributed by atoms with Crippen LogP contribution >= 0.6 is 35.6 Å². The molecule has 20 heavy (non-hydrogen) atoms. The normalized spacial score (nSPS) is 13.7. The van der Waals surface area contributed by atoms with Gasteiger partial charge in [0.05, 0.1) is 6.54 Å². The van der Waals surface area contributed by atoms with Crippen molar-refractivity contribution in [1.29, 1.82) is 0 Å². The zero-order valence-corrected chi connectivity index (χ0v) is 13.5. The van der Waals surface area contributed by atoms with E-state index in [1.54, 1.807) is 6.07 Å². The topological polar surface area (TPSA) is 41.1 Å². The molecule has 1 aliphatic rings. The highest BCUT2D eigenvalue weighted by molar-refractivity contribution is 6.35. The van der Waals surface area contributed by atoms with Crippen LogP contribution in [0.5, 0.6) is 0 Å². The van der Waals surface area contributed by atoms with Crippen LogP contribution in [0.25, 0.3) is 0 Å². The zero-order chi connectivity index (χ0) is 13.7. The van der Waals surface area contributed by atoms with Gasteiger partial charge in [0.2, 0.25) is 5.91 Å². The molecule has 0 unspecified atom stereocenters. The van der Waals surface area contributed by atoms with E-state index in [-0.39, 0.29) is 18.3 Å². The molecule has 0 saturated heterocycles. The summed E-state index contributed by atoms with van der Waals surface area (Å²) in [6.07, 6.45) is 3.30. The molecule has 1 aromatic carbocycles. The Kier molecular flexibility index (Phi) is 7.67. The molecule has 2 rings (SSSR count). The van der Waals surface area contributed by atoms with Crippen molar-refractivity contribution < 1.29 is 4.79 Å². The molecule has 1 amide bonds. The van der Waals surface area contributed by atoms with Crippen molar-refractivity contribution >= 4 is 41.5 Å². The van der Waals surface area contributed by atoms with Gasteiger partial charge in [-0.25, -0.2) is 0 Å². The predicted octanol–water partition coefficient (Wildman–Crippen LogP) is 3.07. The smallest absolute Gasteiger partial charge is 0.233 e. The number of carbonyl (C=O) groups excluding carboxylic acids is 1. The molecule has 0 aliphatic heterocycles. The molecular weight excluding hydrogens is 319 g/mol. The summed E-state index contributed by atoms with van der Waals surface area (Å²) < 4.78 is 0. The maximum absolute atomic E-state index is 11.5. The van der Waals surface area contributed by atoms with Crippen molar-refractivity contribution in [2.75, 3.05) is 19.6 Å². The summed E-state index contributed by atoms with van der Waals surface area (Å²) >= 11 is 11.9. The number of benzene rings is 1. The van der Waals surface area contributed by atoms with Gasteiger partial charge in [0, 0.05) is 16.6 Å². The number of amides is 1. The van der Waals surface area contributed by atoms with Crippen molar-refractivity contribution in [3.63, 3.8) is 0 Å². The van der Waals surface area contributed by atoms with Crippen LogP contribution in [0.15, 0.2) is 18.2 Å². The van der Waals surface area contributed by atoms with Crippen LogP contribution in [0.4, 0.5) is 0 Å². The summed E-state index contributed by atoms with van der Waals surface area (Å²) in [5.74, 6) is 0.825. The highest BCUT2D eigenvalue weighted by atomic mass is 35.5. The van der Waals surface area contributed by atoms with Crippen molar-refractivity contribution in [2.24, 2.45) is 5.92 Å². The number of nitrogens with one attached hydrogen (secondary N) is 2. The minimum Gasteiger partial charge on any atom is -0.355 e. The predicted molar refractivity (Wildman–Crippen MR) is 86.0 cm³/mol. The van der Waals surface area contributed by atoms with E-state index in [1.165, 1.54) is 12.8 Å². The van der Waals surface area contributed by atoms with E-state index in [0.29, 0.717) is 29.6 Å². The van der Waals surface area contributed by atoms with E-state index < -0.39 is 0 Å². The Bertz CT molecular complexity index is 450. The summed E-state index contributed by atoms with van der Waals surface area (Å²) in [7, 11) is 0. The Labute approximate surface area is 135 Å². The molecule has 1 fully saturated rings. The van der Waals surface area contributed by atoms with Gasteiger partial charge in [0.15, 0.2) is 0 Å². The molecule has 1 aromatic rings. The van der Waals surface area contributed by atoms with Crippen LogP contribution in [-0.4, -0.2) is 25.5 Å². The summed E-state index contributed by atoms with van der Waals surface area (Å²) in [6, 6.07) is 5.42. The van der Waals surface area contributed by atoms with Crippen LogP contribution < -0.4 is 10.6 Å². The first kappa shape index (κ1) is 17.6. The first-order chi connectivity index (χ1) is 9.15. The molecule has 0 radical (unpaired) electrons. The fourth-order valence-electron chi connectivity index (χ4n) is 1.84. The SMILES string of the molecule is Cl.O=C(CNCC1CC1)NCCc1ccc(Cl)cc1Cl. The Morgan fingerprint density at radius 3 is 2.70 bits per heavy atom. The fourth-order valence-corrected chi connectivity index (χ4v) is 2.34. The molecular formula is C14H19Cl3N2O. The van der Waals surface area contributed by atoms with E-state index >= 15 is 0 Å². The maximum atomic E-state index is 11.5. The van der Waals surface area contributed by atoms with Crippen LogP contribution in [0.1, 0.15) is 18.4 Å². The van der Waals surface area contributed by atoms with Crippen LogP contribution in [0.2, 0.25) is 10.0 Å². The third kappa shape index (κ3) is 6.31. The molecule has 6 heteroatoms. The van der Waals surface area contributed by atoms with Crippen LogP contribution in [-0.2, 0) is 11.2 Å². The van der Waals surface area contributed by atoms with Crippen molar-refractivity contribution in [1.82, 2.24) is 10.6 Å². The Morgan fingerprint density at radius 1 is 1.30 bits per heavy atom. The second-order valence-corrected chi connectivity index (χ2v) is 5.75.